The van der Waals surface area contributed by atoms with Crippen molar-refractivity contribution in [3.05, 3.63) is 58.1 Å². The second-order valence-electron chi connectivity index (χ2n) is 11.1. The number of aryl methyl sites for hydroxylation is 1. The molecular formula is C29H33ClF3NO4. The van der Waals surface area contributed by atoms with Crippen molar-refractivity contribution in [2.75, 3.05) is 13.1 Å². The van der Waals surface area contributed by atoms with Crippen LogP contribution < -0.4 is 9.47 Å². The van der Waals surface area contributed by atoms with Gasteiger partial charge in [0.2, 0.25) is 0 Å². The van der Waals surface area contributed by atoms with Crippen LogP contribution in [0.25, 0.3) is 0 Å². The maximum absolute atomic E-state index is 13.0. The molecule has 2 unspecified atom stereocenters. The number of aliphatic carboxylic acids is 1. The van der Waals surface area contributed by atoms with Gasteiger partial charge in [-0.05, 0) is 92.7 Å². The van der Waals surface area contributed by atoms with Crippen molar-refractivity contribution in [2.45, 2.75) is 76.3 Å². The van der Waals surface area contributed by atoms with Crippen LogP contribution in [-0.2, 0) is 11.2 Å². The lowest BCUT2D eigenvalue weighted by atomic mass is 9.80. The van der Waals surface area contributed by atoms with Crippen molar-refractivity contribution < 1.29 is 32.5 Å². The minimum absolute atomic E-state index is 0.0206. The van der Waals surface area contributed by atoms with Gasteiger partial charge in [-0.3, -0.25) is 9.69 Å². The number of carbonyl (C=O) groups is 1. The molecule has 0 amide bonds. The molecule has 5 nitrogen and oxygen atoms in total. The second kappa shape index (κ2) is 10.3. The van der Waals surface area contributed by atoms with Gasteiger partial charge in [-0.1, -0.05) is 30.7 Å². The molecule has 206 valence electrons. The number of benzene rings is 2. The summed E-state index contributed by atoms with van der Waals surface area (Å²) in [5.74, 6) is -0.241. The summed E-state index contributed by atoms with van der Waals surface area (Å²) in [7, 11) is 0. The third kappa shape index (κ3) is 5.76. The lowest BCUT2D eigenvalue weighted by molar-refractivity contribution is -0.275. The van der Waals surface area contributed by atoms with Gasteiger partial charge in [0.1, 0.15) is 17.1 Å². The number of nitrogens with zero attached hydrogens (tertiary/aromatic N) is 1. The van der Waals surface area contributed by atoms with Gasteiger partial charge in [-0.15, -0.1) is 13.2 Å². The lowest BCUT2D eigenvalue weighted by Crippen LogP contribution is -2.50. The number of carboxylic acid groups (broad SMARTS) is 1. The van der Waals surface area contributed by atoms with Gasteiger partial charge in [0.05, 0.1) is 5.92 Å². The summed E-state index contributed by atoms with van der Waals surface area (Å²) in [5.41, 5.74) is 2.24. The van der Waals surface area contributed by atoms with Crippen LogP contribution >= 0.6 is 11.6 Å². The molecule has 2 heterocycles. The highest BCUT2D eigenvalue weighted by Gasteiger charge is 2.43. The zero-order valence-corrected chi connectivity index (χ0v) is 22.3. The fourth-order valence-corrected chi connectivity index (χ4v) is 6.42. The Bertz CT molecular complexity index is 1190. The highest BCUT2D eigenvalue weighted by Crippen LogP contribution is 2.49. The molecule has 3 atom stereocenters. The molecule has 2 aliphatic heterocycles. The Morgan fingerprint density at radius 3 is 2.47 bits per heavy atom. The number of hydrogen-bond acceptors (Lipinski definition) is 4. The monoisotopic (exact) mass is 551 g/mol. The fourth-order valence-electron chi connectivity index (χ4n) is 6.24. The number of halogens is 4. The van der Waals surface area contributed by atoms with Crippen LogP contribution in [0.3, 0.4) is 0 Å². The summed E-state index contributed by atoms with van der Waals surface area (Å²) in [4.78, 5) is 13.9. The number of rotatable bonds is 7. The molecule has 1 saturated heterocycles. The molecule has 0 aromatic heterocycles. The average molecular weight is 552 g/mol. The molecule has 3 aliphatic rings. The molecule has 9 heteroatoms. The largest absolute Gasteiger partial charge is 0.573 e. The van der Waals surface area contributed by atoms with Crippen LogP contribution in [0.5, 0.6) is 11.5 Å². The molecule has 1 spiro atoms. The predicted molar refractivity (Wildman–Crippen MR) is 138 cm³/mol. The van der Waals surface area contributed by atoms with Crippen molar-refractivity contribution in [1.29, 1.82) is 0 Å². The number of carboxylic acids is 1. The molecule has 1 N–H and O–H groups in total. The maximum Gasteiger partial charge on any atom is 0.573 e. The Labute approximate surface area is 225 Å². The highest BCUT2D eigenvalue weighted by molar-refractivity contribution is 6.30. The van der Waals surface area contributed by atoms with Crippen molar-refractivity contribution in [1.82, 2.24) is 4.90 Å². The Kier molecular flexibility index (Phi) is 7.33. The SMILES string of the molecule is CC(c1cc(Cl)ccc1OC(F)(F)F)N1CCC2(CCc3ccc(C(C4CC4)[C@H](C)C(=O)O)cc3O2)CC1. The van der Waals surface area contributed by atoms with Crippen LogP contribution in [0.1, 0.15) is 74.6 Å². The van der Waals surface area contributed by atoms with Crippen LogP contribution in [0.2, 0.25) is 5.02 Å². The Morgan fingerprint density at radius 2 is 1.84 bits per heavy atom. The van der Waals surface area contributed by atoms with Crippen molar-refractivity contribution in [2.24, 2.45) is 11.8 Å². The van der Waals surface area contributed by atoms with Gasteiger partial charge in [0.15, 0.2) is 0 Å². The summed E-state index contributed by atoms with van der Waals surface area (Å²) in [6.07, 6.45) is 0.575. The van der Waals surface area contributed by atoms with E-state index in [0.29, 0.717) is 29.6 Å². The third-order valence-corrected chi connectivity index (χ3v) is 8.85. The summed E-state index contributed by atoms with van der Waals surface area (Å²) < 4.78 is 49.9. The predicted octanol–water partition coefficient (Wildman–Crippen LogP) is 7.37. The number of likely N-dealkylation sites (tertiary alicyclic amines) is 1. The average Bonchev–Trinajstić information content (AvgIpc) is 3.69. The molecule has 0 bridgehead atoms. The van der Waals surface area contributed by atoms with Gasteiger partial charge in [-0.2, -0.15) is 0 Å². The minimum Gasteiger partial charge on any atom is -0.487 e. The van der Waals surface area contributed by atoms with E-state index in [0.717, 1.165) is 55.4 Å². The van der Waals surface area contributed by atoms with Gasteiger partial charge in [0, 0.05) is 29.7 Å². The third-order valence-electron chi connectivity index (χ3n) is 8.62. The van der Waals surface area contributed by atoms with Crippen molar-refractivity contribution in [3.63, 3.8) is 0 Å². The molecule has 1 aliphatic carbocycles. The normalized spacial score (nSPS) is 21.7. The number of piperidine rings is 1. The van der Waals surface area contributed by atoms with E-state index in [4.69, 9.17) is 16.3 Å². The van der Waals surface area contributed by atoms with Crippen molar-refractivity contribution >= 4 is 17.6 Å². The van der Waals surface area contributed by atoms with Gasteiger partial charge in [-0.25, -0.2) is 0 Å². The topological polar surface area (TPSA) is 59.0 Å². The van der Waals surface area contributed by atoms with Gasteiger partial charge < -0.3 is 14.6 Å². The number of hydrogen-bond donors (Lipinski definition) is 1. The first-order valence-electron chi connectivity index (χ1n) is 13.3. The maximum atomic E-state index is 13.0. The van der Waals surface area contributed by atoms with Crippen LogP contribution in [-0.4, -0.2) is 41.0 Å². The van der Waals surface area contributed by atoms with Gasteiger partial charge >= 0.3 is 12.3 Å². The Balaban J connectivity index is 1.30. The highest BCUT2D eigenvalue weighted by atomic mass is 35.5. The van der Waals surface area contributed by atoms with Gasteiger partial charge in [0.25, 0.3) is 0 Å². The molecule has 0 radical (unpaired) electrons. The summed E-state index contributed by atoms with van der Waals surface area (Å²) in [5, 5.41) is 10.0. The zero-order chi connectivity index (χ0) is 27.2. The smallest absolute Gasteiger partial charge is 0.487 e. The molecular weight excluding hydrogens is 519 g/mol. The molecule has 2 aromatic carbocycles. The zero-order valence-electron chi connectivity index (χ0n) is 21.6. The quantitative estimate of drug-likeness (QED) is 0.389. The minimum atomic E-state index is -4.78. The van der Waals surface area contributed by atoms with Crippen LogP contribution in [0.15, 0.2) is 36.4 Å². The standard InChI is InChI=1S/C29H33ClF3NO4/c1-17(27(35)36)26(20-4-5-20)21-6-3-19-9-10-28(37-25(19)15-21)11-13-34(14-12-28)18(2)23-16-22(30)7-8-24(23)38-29(31,32)33/h3,6-8,15-18,20,26H,4-5,9-14H2,1-2H3,(H,35,36)/t17-,18?,26?/m0/s1. The Morgan fingerprint density at radius 1 is 1.13 bits per heavy atom. The van der Waals surface area contributed by atoms with E-state index in [1.165, 1.54) is 12.1 Å². The van der Waals surface area contributed by atoms with E-state index < -0.39 is 18.2 Å². The molecule has 5 rings (SSSR count). The first-order valence-corrected chi connectivity index (χ1v) is 13.7. The molecule has 2 aromatic rings. The number of ether oxygens (including phenoxy) is 2. The van der Waals surface area contributed by atoms with E-state index in [1.807, 2.05) is 6.92 Å². The molecule has 1 saturated carbocycles. The summed E-state index contributed by atoms with van der Waals surface area (Å²) in [6.45, 7) is 4.98. The van der Waals surface area contributed by atoms with Crippen LogP contribution in [0, 0.1) is 11.8 Å². The van der Waals surface area contributed by atoms with E-state index >= 15 is 0 Å². The van der Waals surface area contributed by atoms with E-state index in [9.17, 15) is 23.1 Å². The molecule has 2 fully saturated rings. The van der Waals surface area contributed by atoms with Crippen LogP contribution in [0.4, 0.5) is 13.2 Å². The number of alkyl halides is 3. The second-order valence-corrected chi connectivity index (χ2v) is 11.5. The first-order chi connectivity index (χ1) is 17.9. The summed E-state index contributed by atoms with van der Waals surface area (Å²) in [6, 6.07) is 10.1. The van der Waals surface area contributed by atoms with E-state index in [1.54, 1.807) is 13.0 Å². The summed E-state index contributed by atoms with van der Waals surface area (Å²) >= 11 is 6.12. The fraction of sp³-hybridized carbons (Fsp3) is 0.552. The molecule has 38 heavy (non-hydrogen) atoms. The first kappa shape index (κ1) is 27.1. The number of fused-ring (bicyclic) bond motifs is 1. The lowest BCUT2D eigenvalue weighted by Gasteiger charge is -2.46. The Hall–Kier alpha value is -2.45. The van der Waals surface area contributed by atoms with E-state index in [2.05, 4.69) is 27.8 Å². The van der Waals surface area contributed by atoms with E-state index in [-0.39, 0.29) is 23.3 Å². The van der Waals surface area contributed by atoms with Crippen molar-refractivity contribution in [3.8, 4) is 11.5 Å².